The molecule has 3 rings (SSSR count). The molecule has 0 aliphatic carbocycles. The number of hydrogen-bond acceptors (Lipinski definition) is 6. The summed E-state index contributed by atoms with van der Waals surface area (Å²) in [5.41, 5.74) is 2.54. The van der Waals surface area contributed by atoms with E-state index in [9.17, 15) is 8.42 Å². The van der Waals surface area contributed by atoms with Crippen LogP contribution >= 0.6 is 0 Å². The molecule has 0 spiro atoms. The predicted octanol–water partition coefficient (Wildman–Crippen LogP) is 2.92. The van der Waals surface area contributed by atoms with Gasteiger partial charge in [0.15, 0.2) is 9.84 Å². The lowest BCUT2D eigenvalue weighted by Crippen LogP contribution is -2.00. The molecule has 2 aromatic carbocycles. The van der Waals surface area contributed by atoms with Gasteiger partial charge in [0.2, 0.25) is 0 Å². The lowest BCUT2D eigenvalue weighted by Gasteiger charge is -2.10. The van der Waals surface area contributed by atoms with E-state index in [0.717, 1.165) is 11.3 Å². The number of sulfone groups is 1. The number of ether oxygens (including phenoxy) is 1. The Morgan fingerprint density at radius 3 is 2.71 bits per heavy atom. The van der Waals surface area contributed by atoms with Crippen molar-refractivity contribution in [3.05, 3.63) is 54.4 Å². The molecule has 0 aliphatic heterocycles. The molecule has 0 aliphatic rings. The SMILES string of the molecule is COCc1cccc(Nc2ncnc3ccc(S(C)(=O)=O)cc23)c1. The van der Waals surface area contributed by atoms with E-state index in [0.29, 0.717) is 23.3 Å². The molecule has 24 heavy (non-hydrogen) atoms. The number of benzene rings is 2. The number of fused-ring (bicyclic) bond motifs is 1. The smallest absolute Gasteiger partial charge is 0.175 e. The van der Waals surface area contributed by atoms with E-state index in [2.05, 4.69) is 15.3 Å². The lowest BCUT2D eigenvalue weighted by molar-refractivity contribution is 0.185. The molecule has 6 nitrogen and oxygen atoms in total. The molecule has 0 saturated carbocycles. The fourth-order valence-electron chi connectivity index (χ4n) is 2.41. The predicted molar refractivity (Wildman–Crippen MR) is 93.1 cm³/mol. The summed E-state index contributed by atoms with van der Waals surface area (Å²) in [4.78, 5) is 8.68. The number of methoxy groups -OCH3 is 1. The summed E-state index contributed by atoms with van der Waals surface area (Å²) in [6.45, 7) is 0.512. The van der Waals surface area contributed by atoms with Gasteiger partial charge in [0, 0.05) is 24.4 Å². The molecule has 0 unspecified atom stereocenters. The van der Waals surface area contributed by atoms with E-state index < -0.39 is 9.84 Å². The van der Waals surface area contributed by atoms with E-state index in [1.165, 1.54) is 12.6 Å². The second-order valence-corrected chi connectivity index (χ2v) is 7.45. The van der Waals surface area contributed by atoms with E-state index in [1.54, 1.807) is 25.3 Å². The van der Waals surface area contributed by atoms with Gasteiger partial charge in [-0.1, -0.05) is 12.1 Å². The Hall–Kier alpha value is -2.51. The van der Waals surface area contributed by atoms with Crippen molar-refractivity contribution in [3.8, 4) is 0 Å². The van der Waals surface area contributed by atoms with Crippen LogP contribution in [-0.2, 0) is 21.2 Å². The van der Waals surface area contributed by atoms with E-state index in [1.807, 2.05) is 24.3 Å². The molecule has 1 aromatic heterocycles. The average molecular weight is 343 g/mol. The molecule has 0 atom stereocenters. The molecule has 1 N–H and O–H groups in total. The summed E-state index contributed by atoms with van der Waals surface area (Å²) in [5.74, 6) is 0.556. The molecule has 7 heteroatoms. The van der Waals surface area contributed by atoms with Gasteiger partial charge in [-0.25, -0.2) is 18.4 Å². The molecule has 1 heterocycles. The monoisotopic (exact) mass is 343 g/mol. The Morgan fingerprint density at radius 1 is 1.12 bits per heavy atom. The zero-order valence-corrected chi connectivity index (χ0v) is 14.2. The number of hydrogen-bond donors (Lipinski definition) is 1. The van der Waals surface area contributed by atoms with Crippen LogP contribution in [0.5, 0.6) is 0 Å². The largest absolute Gasteiger partial charge is 0.380 e. The first-order valence-corrected chi connectivity index (χ1v) is 9.16. The summed E-state index contributed by atoms with van der Waals surface area (Å²) < 4.78 is 28.7. The van der Waals surface area contributed by atoms with Crippen molar-refractivity contribution in [3.63, 3.8) is 0 Å². The number of rotatable bonds is 5. The Labute approximate surface area is 140 Å². The van der Waals surface area contributed by atoms with Gasteiger partial charge in [0.05, 0.1) is 17.0 Å². The number of aromatic nitrogens is 2. The Morgan fingerprint density at radius 2 is 1.96 bits per heavy atom. The maximum Gasteiger partial charge on any atom is 0.175 e. The zero-order valence-electron chi connectivity index (χ0n) is 13.4. The standard InChI is InChI=1S/C17H17N3O3S/c1-23-10-12-4-3-5-13(8-12)20-17-15-9-14(24(2,21)22)6-7-16(15)18-11-19-17/h3-9,11H,10H2,1-2H3,(H,18,19,20). The quantitative estimate of drug-likeness (QED) is 0.767. The van der Waals surface area contributed by atoms with Gasteiger partial charge in [-0.15, -0.1) is 0 Å². The molecule has 0 amide bonds. The van der Waals surface area contributed by atoms with Crippen LogP contribution < -0.4 is 5.32 Å². The van der Waals surface area contributed by atoms with Crippen LogP contribution in [0.4, 0.5) is 11.5 Å². The second-order valence-electron chi connectivity index (χ2n) is 5.43. The molecule has 0 bridgehead atoms. The second kappa shape index (κ2) is 6.54. The summed E-state index contributed by atoms with van der Waals surface area (Å²) in [5, 5.41) is 3.87. The van der Waals surface area contributed by atoms with Crippen LogP contribution in [0.3, 0.4) is 0 Å². The van der Waals surface area contributed by atoms with Crippen molar-refractivity contribution in [2.24, 2.45) is 0 Å². The molecule has 0 radical (unpaired) electrons. The van der Waals surface area contributed by atoms with Crippen LogP contribution in [-0.4, -0.2) is 31.8 Å². The maximum atomic E-state index is 11.8. The number of nitrogens with zero attached hydrogens (tertiary/aromatic N) is 2. The summed E-state index contributed by atoms with van der Waals surface area (Å²) >= 11 is 0. The van der Waals surface area contributed by atoms with Crippen molar-refractivity contribution >= 4 is 32.2 Å². The van der Waals surface area contributed by atoms with Gasteiger partial charge >= 0.3 is 0 Å². The summed E-state index contributed by atoms with van der Waals surface area (Å²) in [6.07, 6.45) is 2.63. The third kappa shape index (κ3) is 3.52. The Balaban J connectivity index is 2.04. The fourth-order valence-corrected chi connectivity index (χ4v) is 3.06. The molecule has 0 fully saturated rings. The number of anilines is 2. The van der Waals surface area contributed by atoms with Gasteiger partial charge in [0.25, 0.3) is 0 Å². The Bertz CT molecular complexity index is 987. The first kappa shape index (κ1) is 16.4. The highest BCUT2D eigenvalue weighted by Gasteiger charge is 2.11. The normalized spacial score (nSPS) is 11.6. The van der Waals surface area contributed by atoms with E-state index in [-0.39, 0.29) is 4.90 Å². The van der Waals surface area contributed by atoms with Crippen LogP contribution in [0, 0.1) is 0 Å². The number of nitrogens with one attached hydrogen (secondary N) is 1. The molecule has 0 saturated heterocycles. The van der Waals surface area contributed by atoms with Crippen LogP contribution in [0.2, 0.25) is 0 Å². The minimum Gasteiger partial charge on any atom is -0.380 e. The van der Waals surface area contributed by atoms with Crippen LogP contribution in [0.25, 0.3) is 10.9 Å². The van der Waals surface area contributed by atoms with Gasteiger partial charge in [-0.3, -0.25) is 0 Å². The third-order valence-corrected chi connectivity index (χ3v) is 4.65. The van der Waals surface area contributed by atoms with Crippen LogP contribution in [0.1, 0.15) is 5.56 Å². The summed E-state index contributed by atoms with van der Waals surface area (Å²) in [7, 11) is -1.65. The highest BCUT2D eigenvalue weighted by molar-refractivity contribution is 7.90. The highest BCUT2D eigenvalue weighted by Crippen LogP contribution is 2.26. The van der Waals surface area contributed by atoms with Crippen molar-refractivity contribution in [1.82, 2.24) is 9.97 Å². The van der Waals surface area contributed by atoms with E-state index in [4.69, 9.17) is 4.74 Å². The first-order valence-electron chi connectivity index (χ1n) is 7.27. The van der Waals surface area contributed by atoms with Crippen molar-refractivity contribution < 1.29 is 13.2 Å². The average Bonchev–Trinajstić information content (AvgIpc) is 2.55. The van der Waals surface area contributed by atoms with Gasteiger partial charge in [-0.05, 0) is 35.9 Å². The van der Waals surface area contributed by atoms with E-state index >= 15 is 0 Å². The molecular formula is C17H17N3O3S. The molecule has 3 aromatic rings. The topological polar surface area (TPSA) is 81.2 Å². The van der Waals surface area contributed by atoms with Gasteiger partial charge in [-0.2, -0.15) is 0 Å². The molecule has 124 valence electrons. The first-order chi connectivity index (χ1) is 11.5. The van der Waals surface area contributed by atoms with Crippen molar-refractivity contribution in [2.75, 3.05) is 18.7 Å². The molecular weight excluding hydrogens is 326 g/mol. The third-order valence-electron chi connectivity index (χ3n) is 3.54. The van der Waals surface area contributed by atoms with Crippen molar-refractivity contribution in [2.45, 2.75) is 11.5 Å². The fraction of sp³-hybridized carbons (Fsp3) is 0.176. The van der Waals surface area contributed by atoms with Gasteiger partial charge < -0.3 is 10.1 Å². The minimum atomic E-state index is -3.30. The van der Waals surface area contributed by atoms with Crippen LogP contribution in [0.15, 0.2) is 53.7 Å². The van der Waals surface area contributed by atoms with Crippen molar-refractivity contribution in [1.29, 1.82) is 0 Å². The maximum absolute atomic E-state index is 11.8. The zero-order chi connectivity index (χ0) is 17.2. The minimum absolute atomic E-state index is 0.237. The lowest BCUT2D eigenvalue weighted by atomic mass is 10.2. The summed E-state index contributed by atoms with van der Waals surface area (Å²) in [6, 6.07) is 12.6. The Kier molecular flexibility index (Phi) is 4.46. The van der Waals surface area contributed by atoms with Gasteiger partial charge in [0.1, 0.15) is 12.1 Å². The highest BCUT2D eigenvalue weighted by atomic mass is 32.2.